The van der Waals surface area contributed by atoms with Crippen molar-refractivity contribution in [2.24, 2.45) is 11.7 Å². The lowest BCUT2D eigenvalue weighted by molar-refractivity contribution is 0.542. The van der Waals surface area contributed by atoms with Crippen LogP contribution in [0.5, 0.6) is 0 Å². The Morgan fingerprint density at radius 3 is 2.75 bits per heavy atom. The molecule has 0 aliphatic carbocycles. The van der Waals surface area contributed by atoms with Crippen molar-refractivity contribution in [3.8, 4) is 0 Å². The Morgan fingerprint density at radius 1 is 1.50 bits per heavy atom. The van der Waals surface area contributed by atoms with Crippen molar-refractivity contribution < 1.29 is 0 Å². The van der Waals surface area contributed by atoms with E-state index in [2.05, 4.69) is 26.0 Å². The molecule has 1 unspecified atom stereocenters. The van der Waals surface area contributed by atoms with Crippen LogP contribution in [0.25, 0.3) is 0 Å². The van der Waals surface area contributed by atoms with Crippen molar-refractivity contribution in [1.82, 2.24) is 0 Å². The van der Waals surface area contributed by atoms with Gasteiger partial charge in [-0.25, -0.2) is 0 Å². The zero-order valence-corrected chi connectivity index (χ0v) is 8.66. The Balaban J connectivity index is 2.41. The van der Waals surface area contributed by atoms with Gasteiger partial charge in [0.05, 0.1) is 0 Å². The molecule has 1 heterocycles. The second-order valence-electron chi connectivity index (χ2n) is 3.40. The maximum absolute atomic E-state index is 5.49. The lowest BCUT2D eigenvalue weighted by atomic mass is 10.0. The summed E-state index contributed by atoms with van der Waals surface area (Å²) in [5.74, 6) is 0.730. The van der Waals surface area contributed by atoms with Crippen LogP contribution in [0.15, 0.2) is 12.1 Å². The van der Waals surface area contributed by atoms with Crippen molar-refractivity contribution in [3.63, 3.8) is 0 Å². The molecule has 68 valence electrons. The average molecular weight is 183 g/mol. The van der Waals surface area contributed by atoms with Gasteiger partial charge in [-0.3, -0.25) is 0 Å². The minimum absolute atomic E-state index is 0.730. The summed E-state index contributed by atoms with van der Waals surface area (Å²) in [7, 11) is 0. The second-order valence-corrected chi connectivity index (χ2v) is 4.77. The summed E-state index contributed by atoms with van der Waals surface area (Å²) in [5.41, 5.74) is 5.49. The van der Waals surface area contributed by atoms with Gasteiger partial charge in [0.25, 0.3) is 0 Å². The van der Waals surface area contributed by atoms with Crippen molar-refractivity contribution in [1.29, 1.82) is 0 Å². The highest BCUT2D eigenvalue weighted by Crippen LogP contribution is 2.19. The highest BCUT2D eigenvalue weighted by Gasteiger charge is 2.03. The Bertz CT molecular complexity index is 229. The molecule has 0 spiro atoms. The van der Waals surface area contributed by atoms with Gasteiger partial charge in [-0.15, -0.1) is 11.3 Å². The molecular weight excluding hydrogens is 166 g/mol. The summed E-state index contributed by atoms with van der Waals surface area (Å²) in [5, 5.41) is 0. The SMILES string of the molecule is Cc1ccc(CC(C)CCN)s1. The van der Waals surface area contributed by atoms with Crippen LogP contribution in [0, 0.1) is 12.8 Å². The standard InChI is InChI=1S/C10H17NS/c1-8(5-6-11)7-10-4-3-9(2)12-10/h3-4,8H,5-7,11H2,1-2H3. The van der Waals surface area contributed by atoms with Gasteiger partial charge in [0.15, 0.2) is 0 Å². The summed E-state index contributed by atoms with van der Waals surface area (Å²) in [6.07, 6.45) is 2.33. The van der Waals surface area contributed by atoms with Crippen molar-refractivity contribution in [2.45, 2.75) is 26.7 Å². The molecule has 1 aromatic rings. The Hall–Kier alpha value is -0.340. The van der Waals surface area contributed by atoms with Crippen LogP contribution >= 0.6 is 11.3 Å². The van der Waals surface area contributed by atoms with Crippen LogP contribution in [0.2, 0.25) is 0 Å². The van der Waals surface area contributed by atoms with Gasteiger partial charge in [-0.1, -0.05) is 6.92 Å². The van der Waals surface area contributed by atoms with Crippen molar-refractivity contribution in [3.05, 3.63) is 21.9 Å². The molecule has 1 atom stereocenters. The number of aryl methyl sites for hydroxylation is 1. The average Bonchev–Trinajstić information content (AvgIpc) is 2.36. The lowest BCUT2D eigenvalue weighted by Gasteiger charge is -2.06. The van der Waals surface area contributed by atoms with Gasteiger partial charge in [0.1, 0.15) is 0 Å². The fourth-order valence-corrected chi connectivity index (χ4v) is 2.38. The molecule has 1 rings (SSSR count). The molecule has 0 saturated carbocycles. The third-order valence-electron chi connectivity index (χ3n) is 2.01. The summed E-state index contributed by atoms with van der Waals surface area (Å²) >= 11 is 1.90. The fraction of sp³-hybridized carbons (Fsp3) is 0.600. The zero-order valence-electron chi connectivity index (χ0n) is 7.84. The molecule has 0 radical (unpaired) electrons. The van der Waals surface area contributed by atoms with Crippen LogP contribution in [-0.2, 0) is 6.42 Å². The molecule has 0 aliphatic rings. The smallest absolute Gasteiger partial charge is 0.00507 e. The van der Waals surface area contributed by atoms with E-state index in [9.17, 15) is 0 Å². The number of nitrogens with two attached hydrogens (primary N) is 1. The van der Waals surface area contributed by atoms with E-state index in [1.54, 1.807) is 0 Å². The topological polar surface area (TPSA) is 26.0 Å². The normalized spacial score (nSPS) is 13.2. The summed E-state index contributed by atoms with van der Waals surface area (Å²) in [6, 6.07) is 4.42. The summed E-state index contributed by atoms with van der Waals surface area (Å²) in [4.78, 5) is 2.90. The Kier molecular flexibility index (Phi) is 3.76. The third-order valence-corrected chi connectivity index (χ3v) is 3.03. The lowest BCUT2D eigenvalue weighted by Crippen LogP contribution is -2.07. The molecule has 2 N–H and O–H groups in total. The molecule has 12 heavy (non-hydrogen) atoms. The second kappa shape index (κ2) is 4.63. The van der Waals surface area contributed by atoms with Gasteiger partial charge in [0, 0.05) is 9.75 Å². The molecule has 0 aliphatic heterocycles. The highest BCUT2D eigenvalue weighted by atomic mass is 32.1. The molecule has 0 bridgehead atoms. The summed E-state index contributed by atoms with van der Waals surface area (Å²) < 4.78 is 0. The minimum Gasteiger partial charge on any atom is -0.330 e. The molecule has 1 nitrogen and oxygen atoms in total. The predicted octanol–water partition coefficient (Wildman–Crippen LogP) is 2.58. The molecule has 0 aromatic carbocycles. The van der Waals surface area contributed by atoms with Crippen LogP contribution in [0.3, 0.4) is 0 Å². The van der Waals surface area contributed by atoms with Gasteiger partial charge >= 0.3 is 0 Å². The minimum atomic E-state index is 0.730. The van der Waals surface area contributed by atoms with E-state index in [0.717, 1.165) is 18.9 Å². The first-order valence-electron chi connectivity index (χ1n) is 4.47. The number of hydrogen-bond acceptors (Lipinski definition) is 2. The van der Waals surface area contributed by atoms with Crippen LogP contribution in [0.1, 0.15) is 23.1 Å². The molecule has 0 amide bonds. The first-order chi connectivity index (χ1) is 5.72. The number of thiophene rings is 1. The molecular formula is C10H17NS. The first kappa shape index (κ1) is 9.75. The molecule has 2 heteroatoms. The van der Waals surface area contributed by atoms with Gasteiger partial charge < -0.3 is 5.73 Å². The summed E-state index contributed by atoms with van der Waals surface area (Å²) in [6.45, 7) is 5.23. The number of hydrogen-bond donors (Lipinski definition) is 1. The van der Waals surface area contributed by atoms with Crippen LogP contribution in [-0.4, -0.2) is 6.54 Å². The monoisotopic (exact) mass is 183 g/mol. The van der Waals surface area contributed by atoms with Crippen molar-refractivity contribution >= 4 is 11.3 Å². The van der Waals surface area contributed by atoms with E-state index in [4.69, 9.17) is 5.73 Å². The highest BCUT2D eigenvalue weighted by molar-refractivity contribution is 7.11. The van der Waals surface area contributed by atoms with E-state index < -0.39 is 0 Å². The fourth-order valence-electron chi connectivity index (χ4n) is 1.32. The quantitative estimate of drug-likeness (QED) is 0.763. The third kappa shape index (κ3) is 2.95. The van der Waals surface area contributed by atoms with E-state index in [1.165, 1.54) is 16.2 Å². The molecule has 0 fully saturated rings. The zero-order chi connectivity index (χ0) is 8.97. The molecule has 1 aromatic heterocycles. The Labute approximate surface area is 78.6 Å². The van der Waals surface area contributed by atoms with Gasteiger partial charge in [-0.2, -0.15) is 0 Å². The van der Waals surface area contributed by atoms with Crippen molar-refractivity contribution in [2.75, 3.05) is 6.54 Å². The maximum Gasteiger partial charge on any atom is 0.00507 e. The maximum atomic E-state index is 5.49. The van der Waals surface area contributed by atoms with Crippen LogP contribution < -0.4 is 5.73 Å². The van der Waals surface area contributed by atoms with E-state index >= 15 is 0 Å². The molecule has 0 saturated heterocycles. The van der Waals surface area contributed by atoms with Gasteiger partial charge in [0.2, 0.25) is 0 Å². The van der Waals surface area contributed by atoms with E-state index in [1.807, 2.05) is 11.3 Å². The first-order valence-corrected chi connectivity index (χ1v) is 5.29. The number of rotatable bonds is 4. The van der Waals surface area contributed by atoms with E-state index in [0.29, 0.717) is 0 Å². The predicted molar refractivity (Wildman–Crippen MR) is 55.6 cm³/mol. The van der Waals surface area contributed by atoms with Crippen LogP contribution in [0.4, 0.5) is 0 Å². The van der Waals surface area contributed by atoms with E-state index in [-0.39, 0.29) is 0 Å². The Morgan fingerprint density at radius 2 is 2.25 bits per heavy atom. The largest absolute Gasteiger partial charge is 0.330 e. The van der Waals surface area contributed by atoms with Gasteiger partial charge in [-0.05, 0) is 44.4 Å².